The second-order valence-corrected chi connectivity index (χ2v) is 12.4. The van der Waals surface area contributed by atoms with Gasteiger partial charge in [-0.15, -0.1) is 0 Å². The minimum Gasteiger partial charge on any atom is -0.481 e. The molecule has 1 amide bonds. The first-order chi connectivity index (χ1) is 21.2. The lowest BCUT2D eigenvalue weighted by atomic mass is 9.92. The number of aryl methyl sites for hydroxylation is 4. The van der Waals surface area contributed by atoms with Crippen molar-refractivity contribution in [3.63, 3.8) is 0 Å². The molecule has 0 aliphatic rings. The van der Waals surface area contributed by atoms with Gasteiger partial charge in [-0.05, 0) is 104 Å². The van der Waals surface area contributed by atoms with E-state index in [1.807, 2.05) is 52.8 Å². The lowest BCUT2D eigenvalue weighted by molar-refractivity contribution is -0.138. The maximum Gasteiger partial charge on any atom is 0.305 e. The molecule has 0 saturated heterocycles. The minimum atomic E-state index is -1.41. The average Bonchev–Trinajstić information content (AvgIpc) is 2.95. The third-order valence-corrected chi connectivity index (χ3v) is 8.28. The molecule has 0 aliphatic heterocycles. The van der Waals surface area contributed by atoms with Gasteiger partial charge in [0.05, 0.1) is 18.6 Å². The SMILES string of the molecule is CCC(F)CCCCc1cn(C(CC(C)C)C(=O)N[C@@H](CC(=O)O)c2cc(-c3c(C)cccc3C)cc(F)c2F)c(=O)cc1C. The van der Waals surface area contributed by atoms with E-state index in [1.54, 1.807) is 13.1 Å². The predicted octanol–water partition coefficient (Wildman–Crippen LogP) is 8.10. The lowest BCUT2D eigenvalue weighted by Crippen LogP contribution is -2.40. The highest BCUT2D eigenvalue weighted by molar-refractivity contribution is 5.82. The Morgan fingerprint density at radius 1 is 1.00 bits per heavy atom. The van der Waals surface area contributed by atoms with Gasteiger partial charge in [-0.3, -0.25) is 14.4 Å². The number of pyridine rings is 1. The number of halogens is 3. The zero-order chi connectivity index (χ0) is 33.4. The Morgan fingerprint density at radius 2 is 1.67 bits per heavy atom. The highest BCUT2D eigenvalue weighted by Crippen LogP contribution is 2.33. The summed E-state index contributed by atoms with van der Waals surface area (Å²) in [5.41, 5.74) is 3.61. The fourth-order valence-electron chi connectivity index (χ4n) is 5.83. The van der Waals surface area contributed by atoms with Crippen molar-refractivity contribution in [1.82, 2.24) is 9.88 Å². The third-order valence-electron chi connectivity index (χ3n) is 8.28. The molecule has 0 radical (unpaired) electrons. The molecule has 0 saturated carbocycles. The van der Waals surface area contributed by atoms with Crippen LogP contribution in [0.5, 0.6) is 0 Å². The topological polar surface area (TPSA) is 88.4 Å². The molecule has 2 unspecified atom stereocenters. The van der Waals surface area contributed by atoms with Gasteiger partial charge >= 0.3 is 5.97 Å². The Kier molecular flexibility index (Phi) is 12.6. The van der Waals surface area contributed by atoms with Gasteiger partial charge in [0.25, 0.3) is 5.56 Å². The summed E-state index contributed by atoms with van der Waals surface area (Å²) in [6.45, 7) is 11.1. The number of carbonyl (C=O) groups excluding carboxylic acids is 1. The van der Waals surface area contributed by atoms with Crippen LogP contribution in [0.3, 0.4) is 0 Å². The lowest BCUT2D eigenvalue weighted by Gasteiger charge is -2.26. The number of carboxylic acid groups (broad SMARTS) is 1. The number of hydrogen-bond acceptors (Lipinski definition) is 3. The maximum absolute atomic E-state index is 15.4. The molecule has 244 valence electrons. The number of nitrogens with one attached hydrogen (secondary N) is 1. The summed E-state index contributed by atoms with van der Waals surface area (Å²) in [7, 11) is 0. The number of benzene rings is 2. The Bertz CT molecular complexity index is 1550. The van der Waals surface area contributed by atoms with E-state index in [-0.39, 0.29) is 17.9 Å². The van der Waals surface area contributed by atoms with Crippen LogP contribution in [0.25, 0.3) is 11.1 Å². The summed E-state index contributed by atoms with van der Waals surface area (Å²) in [4.78, 5) is 39.0. The number of nitrogens with zero attached hydrogens (tertiary/aromatic N) is 1. The summed E-state index contributed by atoms with van der Waals surface area (Å²) < 4.78 is 45.4. The van der Waals surface area contributed by atoms with Crippen LogP contribution in [0.15, 0.2) is 47.4 Å². The van der Waals surface area contributed by atoms with Crippen LogP contribution in [0.4, 0.5) is 13.2 Å². The van der Waals surface area contributed by atoms with Gasteiger partial charge in [-0.1, -0.05) is 45.4 Å². The first-order valence-corrected chi connectivity index (χ1v) is 15.7. The molecule has 3 aromatic rings. The normalized spacial score (nSPS) is 13.5. The molecule has 9 heteroatoms. The van der Waals surface area contributed by atoms with E-state index in [1.165, 1.54) is 16.7 Å². The van der Waals surface area contributed by atoms with E-state index in [0.29, 0.717) is 43.2 Å². The van der Waals surface area contributed by atoms with Gasteiger partial charge in [-0.25, -0.2) is 13.2 Å². The summed E-state index contributed by atoms with van der Waals surface area (Å²) in [6.07, 6.45) is 3.25. The van der Waals surface area contributed by atoms with Crippen molar-refractivity contribution in [2.45, 2.75) is 105 Å². The van der Waals surface area contributed by atoms with Crippen molar-refractivity contribution < 1.29 is 27.9 Å². The van der Waals surface area contributed by atoms with Crippen LogP contribution >= 0.6 is 0 Å². The van der Waals surface area contributed by atoms with Gasteiger partial charge in [0.2, 0.25) is 5.91 Å². The quantitative estimate of drug-likeness (QED) is 0.167. The number of alkyl halides is 1. The molecule has 0 spiro atoms. The maximum atomic E-state index is 15.4. The minimum absolute atomic E-state index is 0.0348. The second-order valence-electron chi connectivity index (χ2n) is 12.4. The molecule has 3 rings (SSSR count). The van der Waals surface area contributed by atoms with Gasteiger partial charge in [0.15, 0.2) is 11.6 Å². The number of aliphatic carboxylic acids is 1. The van der Waals surface area contributed by atoms with E-state index < -0.39 is 53.7 Å². The monoisotopic (exact) mass is 626 g/mol. The van der Waals surface area contributed by atoms with Crippen LogP contribution in [0, 0.1) is 38.3 Å². The molecule has 0 fully saturated rings. The molecule has 45 heavy (non-hydrogen) atoms. The van der Waals surface area contributed by atoms with E-state index in [2.05, 4.69) is 5.32 Å². The predicted molar refractivity (Wildman–Crippen MR) is 171 cm³/mol. The Balaban J connectivity index is 2.01. The van der Waals surface area contributed by atoms with E-state index >= 15 is 8.78 Å². The summed E-state index contributed by atoms with van der Waals surface area (Å²) >= 11 is 0. The third kappa shape index (κ3) is 9.31. The number of unbranched alkanes of at least 4 members (excludes halogenated alkanes) is 1. The van der Waals surface area contributed by atoms with Crippen LogP contribution in [-0.4, -0.2) is 27.7 Å². The number of carboxylic acids is 1. The summed E-state index contributed by atoms with van der Waals surface area (Å²) in [6, 6.07) is 7.00. The number of carbonyl (C=O) groups is 2. The molecule has 1 aromatic heterocycles. The zero-order valence-electron chi connectivity index (χ0n) is 27.1. The van der Waals surface area contributed by atoms with Crippen LogP contribution in [0.2, 0.25) is 0 Å². The molecule has 1 heterocycles. The molecule has 6 nitrogen and oxygen atoms in total. The van der Waals surface area contributed by atoms with Gasteiger partial charge in [-0.2, -0.15) is 0 Å². The molecule has 3 atom stereocenters. The summed E-state index contributed by atoms with van der Waals surface area (Å²) in [5, 5.41) is 12.4. The standard InChI is InChI=1S/C36H45F3N2O4/c1-7-27(37)14-9-8-13-25-20-41(32(42)16-24(25)6)31(15-21(2)3)36(45)40-30(19-33(43)44)28-17-26(18-29(38)35(28)39)34-22(4)11-10-12-23(34)5/h10-12,16-18,20-21,27,30-31H,7-9,13-15,19H2,1-6H3,(H,40,45)(H,43,44)/t27?,30-,31?/m0/s1. The van der Waals surface area contributed by atoms with Crippen molar-refractivity contribution in [2.24, 2.45) is 5.92 Å². The highest BCUT2D eigenvalue weighted by atomic mass is 19.2. The van der Waals surface area contributed by atoms with Crippen molar-refractivity contribution in [1.29, 1.82) is 0 Å². The largest absolute Gasteiger partial charge is 0.481 e. The second kappa shape index (κ2) is 15.9. The van der Waals surface area contributed by atoms with Gasteiger partial charge in [0.1, 0.15) is 6.04 Å². The van der Waals surface area contributed by atoms with Crippen molar-refractivity contribution in [3.8, 4) is 11.1 Å². The fraction of sp³-hybridized carbons (Fsp3) is 0.472. The molecular weight excluding hydrogens is 581 g/mol. The van der Waals surface area contributed by atoms with Crippen molar-refractivity contribution in [3.05, 3.63) is 92.4 Å². The molecule has 0 bridgehead atoms. The highest BCUT2D eigenvalue weighted by Gasteiger charge is 2.30. The van der Waals surface area contributed by atoms with E-state index in [4.69, 9.17) is 0 Å². The first kappa shape index (κ1) is 35.6. The Hall–Kier alpha value is -3.88. The molecular formula is C36H45F3N2O4. The Morgan fingerprint density at radius 3 is 2.27 bits per heavy atom. The van der Waals surface area contributed by atoms with Crippen molar-refractivity contribution >= 4 is 11.9 Å². The number of rotatable bonds is 15. The fourth-order valence-corrected chi connectivity index (χ4v) is 5.83. The molecule has 2 aromatic carbocycles. The van der Waals surface area contributed by atoms with E-state index in [0.717, 1.165) is 28.3 Å². The smallest absolute Gasteiger partial charge is 0.305 e. The summed E-state index contributed by atoms with van der Waals surface area (Å²) in [5.74, 6) is -4.43. The van der Waals surface area contributed by atoms with Crippen LogP contribution < -0.4 is 10.9 Å². The Labute approximate surface area is 263 Å². The van der Waals surface area contributed by atoms with Gasteiger partial charge < -0.3 is 15.0 Å². The number of hydrogen-bond donors (Lipinski definition) is 2. The first-order valence-electron chi connectivity index (χ1n) is 15.7. The van der Waals surface area contributed by atoms with Crippen LogP contribution in [0.1, 0.15) is 99.2 Å². The van der Waals surface area contributed by atoms with E-state index in [9.17, 15) is 23.9 Å². The van der Waals surface area contributed by atoms with Crippen molar-refractivity contribution in [2.75, 3.05) is 0 Å². The molecule has 2 N–H and O–H groups in total. The average molecular weight is 627 g/mol. The van der Waals surface area contributed by atoms with Gasteiger partial charge in [0, 0.05) is 17.8 Å². The zero-order valence-corrected chi connectivity index (χ0v) is 27.1. The van der Waals surface area contributed by atoms with Crippen LogP contribution in [-0.2, 0) is 16.0 Å². The molecule has 0 aliphatic carbocycles. The number of aromatic nitrogens is 1. The number of amides is 1.